The minimum atomic E-state index is -1.59. The molecule has 158 valence electrons. The van der Waals surface area contributed by atoms with Gasteiger partial charge in [-0.25, -0.2) is 4.79 Å². The number of hydrogen-bond donors (Lipinski definition) is 6. The van der Waals surface area contributed by atoms with Gasteiger partial charge >= 0.3 is 13.1 Å². The first kappa shape index (κ1) is 20.9. The highest BCUT2D eigenvalue weighted by atomic mass is 16.5. The number of nitrogens with two attached hydrogens (primary N) is 1. The molecule has 2 amide bonds. The quantitative estimate of drug-likeness (QED) is 0.241. The molecule has 1 aromatic rings. The van der Waals surface area contributed by atoms with Gasteiger partial charge in [0.2, 0.25) is 11.8 Å². The van der Waals surface area contributed by atoms with Gasteiger partial charge in [0.25, 0.3) is 0 Å². The van der Waals surface area contributed by atoms with E-state index in [0.717, 1.165) is 0 Å². The lowest BCUT2D eigenvalue weighted by Gasteiger charge is -2.40. The van der Waals surface area contributed by atoms with E-state index in [-0.39, 0.29) is 50.6 Å². The van der Waals surface area contributed by atoms with Crippen molar-refractivity contribution in [2.45, 2.75) is 31.3 Å². The summed E-state index contributed by atoms with van der Waals surface area (Å²) in [4.78, 5) is 36.4. The third-order valence-electron chi connectivity index (χ3n) is 4.51. The van der Waals surface area contributed by atoms with Crippen molar-refractivity contribution in [1.29, 1.82) is 0 Å². The molecule has 29 heavy (non-hydrogen) atoms. The summed E-state index contributed by atoms with van der Waals surface area (Å²) in [6, 6.07) is 1.88. The summed E-state index contributed by atoms with van der Waals surface area (Å²) in [7, 11) is -1.85. The van der Waals surface area contributed by atoms with E-state index >= 15 is 0 Å². The first-order valence-electron chi connectivity index (χ1n) is 9.55. The van der Waals surface area contributed by atoms with E-state index in [1.54, 1.807) is 0 Å². The number of primary amides is 1. The normalized spacial score (nSPS) is 15.2. The Balaban J connectivity index is 2.04. The van der Waals surface area contributed by atoms with Crippen LogP contribution in [0.4, 0.5) is 0 Å². The van der Waals surface area contributed by atoms with Crippen molar-refractivity contribution in [1.82, 2.24) is 10.2 Å². The Morgan fingerprint density at radius 1 is 1.41 bits per heavy atom. The monoisotopic (exact) mass is 410 g/mol. The second-order valence-electron chi connectivity index (χ2n) is 6.68. The Bertz CT molecular complexity index is 803. The lowest BCUT2D eigenvalue weighted by atomic mass is 9.82. The molecule has 0 aliphatic carbocycles. The number of likely N-dealkylation sites (tertiary alicyclic amines) is 1. The summed E-state index contributed by atoms with van der Waals surface area (Å²) in [6.45, 7) is 0.262. The number of benzene rings is 1. The average Bonchev–Trinajstić information content (AvgIpc) is 2.61. The molecule has 1 aliphatic rings. The maximum Gasteiger partial charge on any atom is 0.451 e. The maximum absolute atomic E-state index is 12.4. The molecule has 0 radical (unpaired) electrons. The summed E-state index contributed by atoms with van der Waals surface area (Å²) in [5.74, 6) is -3.11. The molecule has 1 saturated heterocycles. The number of likely N-dealkylation sites (N-methyl/N-ethyl adjacent to an activating group) is 1. The number of ether oxygens (including phenoxy) is 1. The average molecular weight is 410 g/mol. The predicted octanol–water partition coefficient (Wildman–Crippen LogP) is -1.84. The molecule has 11 nitrogen and oxygen atoms in total. The lowest BCUT2D eigenvalue weighted by molar-refractivity contribution is -0.143. The molecule has 0 bridgehead atoms. The molecule has 2 rings (SSSR count). The molecule has 1 fully saturated rings. The predicted molar refractivity (Wildman–Crippen MR) is 101 cm³/mol. The summed E-state index contributed by atoms with van der Waals surface area (Å²) in [6.07, 6.45) is -0.798. The Hall–Kier alpha value is -2.83. The van der Waals surface area contributed by atoms with Gasteiger partial charge in [0.05, 0.1) is 25.6 Å². The number of aryl methyl sites for hydroxylation is 1. The number of phenols is 1. The molecule has 1 aromatic carbocycles. The lowest BCUT2D eigenvalue weighted by Crippen LogP contribution is -2.60. The number of nitrogens with zero attached hydrogens (tertiary/aromatic N) is 1. The fraction of sp³-hybridized carbons (Fsp3) is 0.471. The van der Waals surface area contributed by atoms with Crippen LogP contribution in [0, 0.1) is 0 Å². The summed E-state index contributed by atoms with van der Waals surface area (Å²) in [5, 5.41) is 40.2. The van der Waals surface area contributed by atoms with Crippen molar-refractivity contribution in [2.24, 2.45) is 5.73 Å². The number of aromatic hydroxyl groups is 1. The molecule has 0 spiro atoms. The van der Waals surface area contributed by atoms with E-state index in [2.05, 4.69) is 5.32 Å². The smallest absolute Gasteiger partial charge is 0.451 e. The van der Waals surface area contributed by atoms with E-state index in [9.17, 15) is 24.6 Å². The van der Waals surface area contributed by atoms with Gasteiger partial charge in [0.1, 0.15) is 23.2 Å². The first-order chi connectivity index (χ1) is 14.1. The van der Waals surface area contributed by atoms with Crippen LogP contribution in [0.1, 0.15) is 23.7 Å². The molecule has 12 heteroatoms. The fourth-order valence-electron chi connectivity index (χ4n) is 2.95. The van der Waals surface area contributed by atoms with E-state index in [1.165, 1.54) is 17.0 Å². The van der Waals surface area contributed by atoms with Gasteiger partial charge in [-0.1, -0.05) is 6.07 Å². The van der Waals surface area contributed by atoms with Crippen LogP contribution in [-0.4, -0.2) is 82.3 Å². The maximum atomic E-state index is 12.4. The van der Waals surface area contributed by atoms with Gasteiger partial charge in [-0.3, -0.25) is 9.59 Å². The SMILES string of the molecule is [2H]CN[C@@H](CC(N)=O)C(=O)N1CC(Oc2ccc(CCB(O)O)c(O)c2C(=O)O)C1. The Labute approximate surface area is 168 Å². The second kappa shape index (κ2) is 9.59. The number of carbonyl (C=O) groups is 3. The van der Waals surface area contributed by atoms with Gasteiger partial charge in [-0.15, -0.1) is 0 Å². The number of rotatable bonds is 10. The zero-order valence-electron chi connectivity index (χ0n) is 16.6. The molecule has 1 heterocycles. The van der Waals surface area contributed by atoms with Crippen LogP contribution in [0.5, 0.6) is 11.5 Å². The molecular formula is C17H24BN3O8. The number of aromatic carboxylic acids is 1. The van der Waals surface area contributed by atoms with Crippen LogP contribution in [0.3, 0.4) is 0 Å². The van der Waals surface area contributed by atoms with Crippen LogP contribution in [-0.2, 0) is 16.0 Å². The summed E-state index contributed by atoms with van der Waals surface area (Å²) < 4.78 is 12.8. The minimum Gasteiger partial charge on any atom is -0.507 e. The van der Waals surface area contributed by atoms with Gasteiger partial charge < -0.3 is 40.9 Å². The van der Waals surface area contributed by atoms with Crippen LogP contribution in [0.25, 0.3) is 0 Å². The standard InChI is InChI=1S/C17H24BN3O8/c1-20-11(6-13(19)22)16(24)21-7-10(8-21)29-12-3-2-9(4-5-18(27)28)15(23)14(12)17(25)26/h2-3,10-11,20,23,27-28H,4-8H2,1H3,(H2,19,22)(H,25,26)/t11-/m0/s1/i1D. The zero-order chi connectivity index (χ0) is 22.4. The Morgan fingerprint density at radius 2 is 2.10 bits per heavy atom. The highest BCUT2D eigenvalue weighted by Crippen LogP contribution is 2.34. The van der Waals surface area contributed by atoms with Gasteiger partial charge in [0, 0.05) is 1.37 Å². The number of carboxylic acid groups (broad SMARTS) is 1. The highest BCUT2D eigenvalue weighted by molar-refractivity contribution is 6.41. The topological polar surface area (TPSA) is 183 Å². The molecule has 0 saturated carbocycles. The molecule has 1 atom stereocenters. The van der Waals surface area contributed by atoms with Crippen LogP contribution in [0.15, 0.2) is 12.1 Å². The third-order valence-corrected chi connectivity index (χ3v) is 4.51. The van der Waals surface area contributed by atoms with E-state index < -0.39 is 48.4 Å². The van der Waals surface area contributed by atoms with Crippen molar-refractivity contribution >= 4 is 24.9 Å². The summed E-state index contributed by atoms with van der Waals surface area (Å²) >= 11 is 0. The molecule has 0 unspecified atom stereocenters. The Morgan fingerprint density at radius 3 is 2.66 bits per heavy atom. The van der Waals surface area contributed by atoms with E-state index in [1.807, 2.05) is 0 Å². The van der Waals surface area contributed by atoms with Crippen molar-refractivity contribution in [3.8, 4) is 11.5 Å². The number of nitrogens with one attached hydrogen (secondary N) is 1. The highest BCUT2D eigenvalue weighted by Gasteiger charge is 2.36. The van der Waals surface area contributed by atoms with Crippen molar-refractivity contribution in [2.75, 3.05) is 20.1 Å². The zero-order valence-corrected chi connectivity index (χ0v) is 15.6. The molecule has 7 N–H and O–H groups in total. The minimum absolute atomic E-state index is 0.0556. The van der Waals surface area contributed by atoms with Crippen molar-refractivity contribution in [3.05, 3.63) is 23.3 Å². The fourth-order valence-corrected chi connectivity index (χ4v) is 2.95. The van der Waals surface area contributed by atoms with Crippen LogP contribution in [0.2, 0.25) is 6.32 Å². The number of carbonyl (C=O) groups excluding carboxylic acids is 2. The van der Waals surface area contributed by atoms with E-state index in [0.29, 0.717) is 0 Å². The number of hydrogen-bond acceptors (Lipinski definition) is 8. The number of carboxylic acids is 1. The van der Waals surface area contributed by atoms with Crippen molar-refractivity contribution < 1.29 is 40.8 Å². The van der Waals surface area contributed by atoms with Crippen LogP contribution >= 0.6 is 0 Å². The van der Waals surface area contributed by atoms with Crippen LogP contribution < -0.4 is 15.8 Å². The molecular weight excluding hydrogens is 385 g/mol. The van der Waals surface area contributed by atoms with Gasteiger partial charge in [-0.2, -0.15) is 0 Å². The van der Waals surface area contributed by atoms with Gasteiger partial charge in [0.15, 0.2) is 0 Å². The largest absolute Gasteiger partial charge is 0.507 e. The van der Waals surface area contributed by atoms with Gasteiger partial charge in [-0.05, 0) is 31.4 Å². The van der Waals surface area contributed by atoms with E-state index in [4.69, 9.17) is 21.9 Å². The number of amides is 2. The molecule has 1 aliphatic heterocycles. The summed E-state index contributed by atoms with van der Waals surface area (Å²) in [5.41, 5.74) is 4.90. The molecule has 0 aromatic heterocycles. The Kier molecular flexibility index (Phi) is 6.91. The second-order valence-corrected chi connectivity index (χ2v) is 6.68. The third kappa shape index (κ3) is 5.59. The van der Waals surface area contributed by atoms with Crippen molar-refractivity contribution in [3.63, 3.8) is 0 Å². The first-order valence-corrected chi connectivity index (χ1v) is 8.84.